The number of allylic oxidation sites excluding steroid dienone is 6. The summed E-state index contributed by atoms with van der Waals surface area (Å²) in [5.41, 5.74) is 0. The maximum Gasteiger partial charge on any atom is 0.306 e. The fourth-order valence-corrected chi connectivity index (χ4v) is 11.0. The number of hydrogen-bond donors (Lipinski definition) is 0. The van der Waals surface area contributed by atoms with Crippen LogP contribution < -0.4 is 0 Å². The Labute approximate surface area is 499 Å². The van der Waals surface area contributed by atoms with E-state index in [1.807, 2.05) is 0 Å². The average molecular weight is 1120 g/mol. The molecule has 0 saturated heterocycles. The average Bonchev–Trinajstić information content (AvgIpc) is 3.46. The van der Waals surface area contributed by atoms with Crippen LogP contribution in [0.5, 0.6) is 0 Å². The summed E-state index contributed by atoms with van der Waals surface area (Å²) in [5.74, 6) is -0.874. The van der Waals surface area contributed by atoms with Gasteiger partial charge in [0.05, 0.1) is 0 Å². The summed E-state index contributed by atoms with van der Waals surface area (Å²) in [5, 5.41) is 0. The monoisotopic (exact) mass is 1120 g/mol. The highest BCUT2D eigenvalue weighted by Gasteiger charge is 2.19. The normalized spacial score (nSPS) is 12.2. The summed E-state index contributed by atoms with van der Waals surface area (Å²) in [7, 11) is 0. The Balaban J connectivity index is 3.92. The van der Waals surface area contributed by atoms with Gasteiger partial charge in [-0.3, -0.25) is 14.4 Å². The largest absolute Gasteiger partial charge is 0.462 e. The molecule has 0 aromatic rings. The highest BCUT2D eigenvalue weighted by atomic mass is 16.6. The molecule has 80 heavy (non-hydrogen) atoms. The molecule has 1 unspecified atom stereocenters. The lowest BCUT2D eigenvalue weighted by Crippen LogP contribution is -2.30. The van der Waals surface area contributed by atoms with Crippen molar-refractivity contribution >= 4 is 17.9 Å². The van der Waals surface area contributed by atoms with Crippen molar-refractivity contribution in [1.29, 1.82) is 0 Å². The minimum Gasteiger partial charge on any atom is -0.462 e. The van der Waals surface area contributed by atoms with Gasteiger partial charge in [0.15, 0.2) is 6.10 Å². The zero-order chi connectivity index (χ0) is 57.8. The van der Waals surface area contributed by atoms with E-state index < -0.39 is 6.10 Å². The van der Waals surface area contributed by atoms with Crippen molar-refractivity contribution in [2.24, 2.45) is 0 Å². The fourth-order valence-electron chi connectivity index (χ4n) is 11.0. The van der Waals surface area contributed by atoms with Crippen molar-refractivity contribution in [2.45, 2.75) is 406 Å². The first kappa shape index (κ1) is 77.6. The van der Waals surface area contributed by atoms with E-state index >= 15 is 0 Å². The SMILES string of the molecule is CCCCCCC/C=C\C/C=C\C/C=C\CCCCCCCCC(=O)OC(COC(=O)CCCCCCCC)COC(=O)CCCCCCCCCCCCCCCCCCCCCCCCCCCCCCCCCCCCC. The molecule has 0 aliphatic heterocycles. The van der Waals surface area contributed by atoms with Gasteiger partial charge in [0.25, 0.3) is 0 Å². The maximum atomic E-state index is 12.9. The molecule has 0 fully saturated rings. The first-order chi connectivity index (χ1) is 39.5. The van der Waals surface area contributed by atoms with Crippen LogP contribution in [0.1, 0.15) is 400 Å². The molecule has 0 aromatic carbocycles. The van der Waals surface area contributed by atoms with E-state index in [4.69, 9.17) is 14.2 Å². The van der Waals surface area contributed by atoms with Gasteiger partial charge in [-0.25, -0.2) is 0 Å². The Kier molecular flexibility index (Phi) is 67.1. The number of ether oxygens (including phenoxy) is 3. The van der Waals surface area contributed by atoms with Gasteiger partial charge in [-0.15, -0.1) is 0 Å². The second kappa shape index (κ2) is 69.1. The van der Waals surface area contributed by atoms with E-state index in [0.29, 0.717) is 19.3 Å². The summed E-state index contributed by atoms with van der Waals surface area (Å²) in [6, 6.07) is 0. The number of carbonyl (C=O) groups excluding carboxylic acids is 3. The molecule has 0 rings (SSSR count). The van der Waals surface area contributed by atoms with Crippen LogP contribution in [-0.4, -0.2) is 37.2 Å². The van der Waals surface area contributed by atoms with Crippen LogP contribution in [0.25, 0.3) is 0 Å². The van der Waals surface area contributed by atoms with Crippen molar-refractivity contribution in [1.82, 2.24) is 0 Å². The van der Waals surface area contributed by atoms with Gasteiger partial charge in [-0.1, -0.05) is 359 Å². The van der Waals surface area contributed by atoms with Crippen LogP contribution in [0.3, 0.4) is 0 Å². The third-order valence-electron chi connectivity index (χ3n) is 16.4. The first-order valence-electron chi connectivity index (χ1n) is 36.0. The molecule has 0 saturated carbocycles. The van der Waals surface area contributed by atoms with Crippen LogP contribution in [0.4, 0.5) is 0 Å². The molecule has 0 amide bonds. The van der Waals surface area contributed by atoms with E-state index in [9.17, 15) is 14.4 Å². The molecule has 0 heterocycles. The van der Waals surface area contributed by atoms with Gasteiger partial charge < -0.3 is 14.2 Å². The molecule has 0 aromatic heterocycles. The van der Waals surface area contributed by atoms with E-state index in [1.165, 1.54) is 283 Å². The number of esters is 3. The number of rotatable bonds is 67. The fraction of sp³-hybridized carbons (Fsp3) is 0.878. The third kappa shape index (κ3) is 66.4. The van der Waals surface area contributed by atoms with Gasteiger partial charge in [0.1, 0.15) is 13.2 Å². The van der Waals surface area contributed by atoms with E-state index in [0.717, 1.165) is 77.0 Å². The molecule has 0 bridgehead atoms. The number of hydrogen-bond acceptors (Lipinski definition) is 6. The second-order valence-electron chi connectivity index (χ2n) is 24.5. The maximum absolute atomic E-state index is 12.9. The standard InChI is InChI=1S/C74H138O6/c1-4-7-10-13-16-18-20-22-24-26-28-30-31-32-33-34-35-36-37-38-39-40-41-42-43-45-46-48-50-52-54-56-58-61-64-67-73(76)79-70-71(69-78-72(75)66-63-60-15-12-9-6-3)80-74(77)68-65-62-59-57-55-53-51-49-47-44-29-27-25-23-21-19-17-14-11-8-5-2/h21,23,27,29,47,49,71H,4-20,22,24-26,28,30-46,48,50-70H2,1-3H3/b23-21-,29-27-,49-47-. The van der Waals surface area contributed by atoms with Crippen LogP contribution in [0.2, 0.25) is 0 Å². The predicted octanol–water partition coefficient (Wildman–Crippen LogP) is 24.7. The van der Waals surface area contributed by atoms with E-state index in [-0.39, 0.29) is 31.1 Å². The van der Waals surface area contributed by atoms with Crippen LogP contribution in [0.15, 0.2) is 36.5 Å². The molecule has 470 valence electrons. The summed E-state index contributed by atoms with van der Waals surface area (Å²) < 4.78 is 16.8. The summed E-state index contributed by atoms with van der Waals surface area (Å²) >= 11 is 0. The lowest BCUT2D eigenvalue weighted by Gasteiger charge is -2.18. The van der Waals surface area contributed by atoms with E-state index in [1.54, 1.807) is 0 Å². The Morgan fingerprint density at radius 1 is 0.250 bits per heavy atom. The van der Waals surface area contributed by atoms with Crippen molar-refractivity contribution in [3.05, 3.63) is 36.5 Å². The lowest BCUT2D eigenvalue weighted by molar-refractivity contribution is -0.167. The Hall–Kier alpha value is -2.37. The quantitative estimate of drug-likeness (QED) is 0.0261. The number of carbonyl (C=O) groups is 3. The minimum atomic E-state index is -0.775. The van der Waals surface area contributed by atoms with Gasteiger partial charge in [-0.2, -0.15) is 0 Å². The highest BCUT2D eigenvalue weighted by molar-refractivity contribution is 5.71. The van der Waals surface area contributed by atoms with Crippen LogP contribution >= 0.6 is 0 Å². The summed E-state index contributed by atoms with van der Waals surface area (Å²) in [4.78, 5) is 38.1. The Morgan fingerprint density at radius 2 is 0.450 bits per heavy atom. The molecule has 0 aliphatic rings. The molecular weight excluding hydrogens is 985 g/mol. The zero-order valence-corrected chi connectivity index (χ0v) is 54.1. The smallest absolute Gasteiger partial charge is 0.306 e. The zero-order valence-electron chi connectivity index (χ0n) is 54.1. The van der Waals surface area contributed by atoms with Crippen molar-refractivity contribution in [3.63, 3.8) is 0 Å². The number of unbranched alkanes of at least 4 members (excludes halogenated alkanes) is 50. The molecule has 0 N–H and O–H groups in total. The Bertz CT molecular complexity index is 1340. The van der Waals surface area contributed by atoms with Crippen LogP contribution in [-0.2, 0) is 28.6 Å². The lowest BCUT2D eigenvalue weighted by atomic mass is 10.0. The molecule has 6 heteroatoms. The predicted molar refractivity (Wildman–Crippen MR) is 349 cm³/mol. The molecule has 6 nitrogen and oxygen atoms in total. The van der Waals surface area contributed by atoms with Gasteiger partial charge in [0, 0.05) is 19.3 Å². The van der Waals surface area contributed by atoms with Gasteiger partial charge >= 0.3 is 17.9 Å². The Morgan fingerprint density at radius 3 is 0.700 bits per heavy atom. The van der Waals surface area contributed by atoms with Crippen molar-refractivity contribution < 1.29 is 28.6 Å². The first-order valence-corrected chi connectivity index (χ1v) is 36.0. The molecule has 0 spiro atoms. The molecule has 1 atom stereocenters. The van der Waals surface area contributed by atoms with Crippen molar-refractivity contribution in [2.75, 3.05) is 13.2 Å². The van der Waals surface area contributed by atoms with E-state index in [2.05, 4.69) is 57.2 Å². The third-order valence-corrected chi connectivity index (χ3v) is 16.4. The molecular formula is C74H138O6. The van der Waals surface area contributed by atoms with Crippen LogP contribution in [0, 0.1) is 0 Å². The van der Waals surface area contributed by atoms with Crippen molar-refractivity contribution in [3.8, 4) is 0 Å². The topological polar surface area (TPSA) is 78.9 Å². The second-order valence-corrected chi connectivity index (χ2v) is 24.5. The van der Waals surface area contributed by atoms with Gasteiger partial charge in [0.2, 0.25) is 0 Å². The molecule has 0 radical (unpaired) electrons. The minimum absolute atomic E-state index is 0.0735. The summed E-state index contributed by atoms with van der Waals surface area (Å²) in [6.07, 6.45) is 86.7. The van der Waals surface area contributed by atoms with Gasteiger partial charge in [-0.05, 0) is 57.8 Å². The molecule has 0 aliphatic carbocycles. The highest BCUT2D eigenvalue weighted by Crippen LogP contribution is 2.19. The summed E-state index contributed by atoms with van der Waals surface area (Å²) in [6.45, 7) is 6.62.